The molecule has 5 nitrogen and oxygen atoms in total. The number of anilines is 1. The summed E-state index contributed by atoms with van der Waals surface area (Å²) in [4.78, 5) is 19.2. The van der Waals surface area contributed by atoms with Crippen LogP contribution in [0.4, 0.5) is 5.82 Å². The Morgan fingerprint density at radius 3 is 3.00 bits per heavy atom. The van der Waals surface area contributed by atoms with Gasteiger partial charge in [-0.2, -0.15) is 0 Å². The van der Waals surface area contributed by atoms with E-state index in [1.165, 1.54) is 32.8 Å². The summed E-state index contributed by atoms with van der Waals surface area (Å²) in [6.07, 6.45) is 6.77. The lowest BCUT2D eigenvalue weighted by Crippen LogP contribution is -2.14. The minimum Gasteiger partial charge on any atom is -0.463 e. The minimum absolute atomic E-state index is 0.101. The number of carbonyl (C=O) groups excluding carboxylic acids is 1. The number of nitrogens with zero attached hydrogens (tertiary/aromatic N) is 2. The van der Waals surface area contributed by atoms with Crippen molar-refractivity contribution in [2.75, 3.05) is 19.0 Å². The standard InChI is InChI=1S/C12H17N3O2/c1-17-12(16)11-13-7-6-10(15-11)14-8-9-4-2-3-5-9/h6-7,9H,2-5,8H2,1H3,(H,13,14,15). The number of aromatic nitrogens is 2. The summed E-state index contributed by atoms with van der Waals surface area (Å²) < 4.78 is 4.58. The van der Waals surface area contributed by atoms with Crippen molar-refractivity contribution < 1.29 is 9.53 Å². The molecule has 0 atom stereocenters. The Hall–Kier alpha value is -1.65. The van der Waals surface area contributed by atoms with Crippen LogP contribution >= 0.6 is 0 Å². The molecule has 1 aliphatic carbocycles. The van der Waals surface area contributed by atoms with Crippen molar-refractivity contribution in [2.45, 2.75) is 25.7 Å². The maximum atomic E-state index is 11.3. The number of rotatable bonds is 4. The summed E-state index contributed by atoms with van der Waals surface area (Å²) in [6, 6.07) is 1.77. The van der Waals surface area contributed by atoms with Crippen molar-refractivity contribution in [3.63, 3.8) is 0 Å². The summed E-state index contributed by atoms with van der Waals surface area (Å²) in [5, 5.41) is 3.25. The molecular formula is C12H17N3O2. The second-order valence-corrected chi connectivity index (χ2v) is 4.29. The number of esters is 1. The summed E-state index contributed by atoms with van der Waals surface area (Å²) in [5.74, 6) is 1.01. The first-order valence-corrected chi connectivity index (χ1v) is 5.95. The predicted octanol–water partition coefficient (Wildman–Crippen LogP) is 1.87. The fraction of sp³-hybridized carbons (Fsp3) is 0.583. The van der Waals surface area contributed by atoms with E-state index in [9.17, 15) is 4.79 Å². The summed E-state index contributed by atoms with van der Waals surface area (Å²) in [7, 11) is 1.32. The SMILES string of the molecule is COC(=O)c1nccc(NCC2CCCC2)n1. The lowest BCUT2D eigenvalue weighted by atomic mass is 10.1. The first kappa shape index (κ1) is 11.8. The van der Waals surface area contributed by atoms with E-state index >= 15 is 0 Å². The summed E-state index contributed by atoms with van der Waals surface area (Å²) in [5.41, 5.74) is 0. The zero-order chi connectivity index (χ0) is 12.1. The zero-order valence-electron chi connectivity index (χ0n) is 9.98. The van der Waals surface area contributed by atoms with Crippen LogP contribution in [0.5, 0.6) is 0 Å². The Kier molecular flexibility index (Phi) is 3.90. The van der Waals surface area contributed by atoms with Crippen molar-refractivity contribution in [2.24, 2.45) is 5.92 Å². The van der Waals surface area contributed by atoms with Gasteiger partial charge in [0.15, 0.2) is 0 Å². The van der Waals surface area contributed by atoms with Crippen molar-refractivity contribution in [1.29, 1.82) is 0 Å². The number of hydrogen-bond acceptors (Lipinski definition) is 5. The molecule has 92 valence electrons. The lowest BCUT2D eigenvalue weighted by Gasteiger charge is -2.11. The number of methoxy groups -OCH3 is 1. The van der Waals surface area contributed by atoms with Gasteiger partial charge in [0.05, 0.1) is 7.11 Å². The molecule has 17 heavy (non-hydrogen) atoms. The molecule has 0 amide bonds. The first-order chi connectivity index (χ1) is 8.29. The molecule has 1 aromatic rings. The average Bonchev–Trinajstić information content (AvgIpc) is 2.89. The third kappa shape index (κ3) is 3.15. The van der Waals surface area contributed by atoms with E-state index < -0.39 is 5.97 Å². The molecule has 0 spiro atoms. The van der Waals surface area contributed by atoms with Crippen LogP contribution in [0.3, 0.4) is 0 Å². The number of carbonyl (C=O) groups is 1. The third-order valence-corrected chi connectivity index (χ3v) is 3.07. The summed E-state index contributed by atoms with van der Waals surface area (Å²) >= 11 is 0. The monoisotopic (exact) mass is 235 g/mol. The van der Waals surface area contributed by atoms with Gasteiger partial charge in [-0.1, -0.05) is 12.8 Å². The molecular weight excluding hydrogens is 218 g/mol. The van der Waals surface area contributed by atoms with Crippen LogP contribution in [0, 0.1) is 5.92 Å². The molecule has 0 bridgehead atoms. The van der Waals surface area contributed by atoms with Gasteiger partial charge < -0.3 is 10.1 Å². The van der Waals surface area contributed by atoms with Gasteiger partial charge in [-0.15, -0.1) is 0 Å². The quantitative estimate of drug-likeness (QED) is 0.807. The highest BCUT2D eigenvalue weighted by Gasteiger charge is 2.15. The predicted molar refractivity (Wildman–Crippen MR) is 63.8 cm³/mol. The Balaban J connectivity index is 1.93. The van der Waals surface area contributed by atoms with Crippen LogP contribution in [-0.4, -0.2) is 29.6 Å². The van der Waals surface area contributed by atoms with Crippen molar-refractivity contribution in [1.82, 2.24) is 9.97 Å². The molecule has 0 aliphatic heterocycles. The normalized spacial score (nSPS) is 15.8. The highest BCUT2D eigenvalue weighted by Crippen LogP contribution is 2.24. The minimum atomic E-state index is -0.505. The number of nitrogens with one attached hydrogen (secondary N) is 1. The molecule has 1 saturated carbocycles. The van der Waals surface area contributed by atoms with Gasteiger partial charge in [-0.3, -0.25) is 0 Å². The van der Waals surface area contributed by atoms with Gasteiger partial charge in [0.1, 0.15) is 5.82 Å². The molecule has 0 aromatic carbocycles. The van der Waals surface area contributed by atoms with E-state index in [-0.39, 0.29) is 5.82 Å². The van der Waals surface area contributed by atoms with Crippen molar-refractivity contribution in [3.05, 3.63) is 18.1 Å². The van der Waals surface area contributed by atoms with Crippen molar-refractivity contribution >= 4 is 11.8 Å². The maximum Gasteiger partial charge on any atom is 0.376 e. The Morgan fingerprint density at radius 2 is 2.29 bits per heavy atom. The van der Waals surface area contributed by atoms with Gasteiger partial charge >= 0.3 is 5.97 Å². The highest BCUT2D eigenvalue weighted by atomic mass is 16.5. The van der Waals surface area contributed by atoms with E-state index in [1.807, 2.05) is 0 Å². The molecule has 1 N–H and O–H groups in total. The Morgan fingerprint density at radius 1 is 1.53 bits per heavy atom. The first-order valence-electron chi connectivity index (χ1n) is 5.95. The van der Waals surface area contributed by atoms with Crippen LogP contribution < -0.4 is 5.32 Å². The fourth-order valence-corrected chi connectivity index (χ4v) is 2.11. The number of ether oxygens (including phenoxy) is 1. The summed E-state index contributed by atoms with van der Waals surface area (Å²) in [6.45, 7) is 0.914. The van der Waals surface area contributed by atoms with Crippen LogP contribution in [0.1, 0.15) is 36.3 Å². The maximum absolute atomic E-state index is 11.3. The molecule has 0 radical (unpaired) electrons. The van der Waals surface area contributed by atoms with Crippen LogP contribution in [0.15, 0.2) is 12.3 Å². The molecule has 1 aliphatic rings. The van der Waals surface area contributed by atoms with Gasteiger partial charge in [0.25, 0.3) is 0 Å². The zero-order valence-corrected chi connectivity index (χ0v) is 9.98. The van der Waals surface area contributed by atoms with E-state index in [2.05, 4.69) is 20.0 Å². The molecule has 5 heteroatoms. The fourth-order valence-electron chi connectivity index (χ4n) is 2.11. The van der Waals surface area contributed by atoms with Crippen LogP contribution in [0.25, 0.3) is 0 Å². The molecule has 1 fully saturated rings. The molecule has 0 unspecified atom stereocenters. The largest absolute Gasteiger partial charge is 0.463 e. The average molecular weight is 235 g/mol. The van der Waals surface area contributed by atoms with Crippen LogP contribution in [-0.2, 0) is 4.74 Å². The molecule has 1 aromatic heterocycles. The van der Waals surface area contributed by atoms with E-state index in [1.54, 1.807) is 12.3 Å². The van der Waals surface area contributed by atoms with Crippen LogP contribution in [0.2, 0.25) is 0 Å². The van der Waals surface area contributed by atoms with E-state index in [0.717, 1.165) is 12.5 Å². The van der Waals surface area contributed by atoms with Gasteiger partial charge in [0, 0.05) is 12.7 Å². The smallest absolute Gasteiger partial charge is 0.376 e. The second kappa shape index (κ2) is 5.61. The van der Waals surface area contributed by atoms with Gasteiger partial charge in [0.2, 0.25) is 5.82 Å². The Bertz CT molecular complexity index is 389. The second-order valence-electron chi connectivity index (χ2n) is 4.29. The van der Waals surface area contributed by atoms with Crippen molar-refractivity contribution in [3.8, 4) is 0 Å². The molecule has 0 saturated heterocycles. The highest BCUT2D eigenvalue weighted by molar-refractivity contribution is 5.85. The molecule has 2 rings (SSSR count). The van der Waals surface area contributed by atoms with E-state index in [4.69, 9.17) is 0 Å². The number of hydrogen-bond donors (Lipinski definition) is 1. The van der Waals surface area contributed by atoms with E-state index in [0.29, 0.717) is 5.82 Å². The Labute approximate surface area is 101 Å². The van der Waals surface area contributed by atoms with Gasteiger partial charge in [-0.05, 0) is 24.8 Å². The lowest BCUT2D eigenvalue weighted by molar-refractivity contribution is 0.0587. The third-order valence-electron chi connectivity index (χ3n) is 3.07. The topological polar surface area (TPSA) is 64.1 Å². The molecule has 1 heterocycles. The van der Waals surface area contributed by atoms with Gasteiger partial charge in [-0.25, -0.2) is 14.8 Å².